The van der Waals surface area contributed by atoms with Crippen LogP contribution in [0.15, 0.2) is 42.7 Å². The lowest BCUT2D eigenvalue weighted by atomic mass is 9.87. The topological polar surface area (TPSA) is 45.2 Å². The van der Waals surface area contributed by atoms with Crippen LogP contribution in [-0.2, 0) is 12.8 Å². The van der Waals surface area contributed by atoms with Crippen LogP contribution in [0, 0.1) is 5.82 Å². The molecule has 24 heavy (non-hydrogen) atoms. The van der Waals surface area contributed by atoms with E-state index in [1.807, 2.05) is 18.2 Å². The van der Waals surface area contributed by atoms with Crippen molar-refractivity contribution in [3.8, 4) is 0 Å². The van der Waals surface area contributed by atoms with Gasteiger partial charge < -0.3 is 10.2 Å². The summed E-state index contributed by atoms with van der Waals surface area (Å²) in [4.78, 5) is 18.1. The van der Waals surface area contributed by atoms with Crippen molar-refractivity contribution in [3.05, 3.63) is 65.2 Å². The molecule has 1 atom stereocenters. The molecule has 0 bridgehead atoms. The summed E-state index contributed by atoms with van der Waals surface area (Å²) in [5.41, 5.74) is 3.19. The van der Waals surface area contributed by atoms with E-state index in [0.717, 1.165) is 42.4 Å². The molecular formula is C19H22FN3O. The van der Waals surface area contributed by atoms with Crippen molar-refractivity contribution in [2.75, 3.05) is 13.6 Å². The Labute approximate surface area is 141 Å². The maximum atomic E-state index is 13.5. The molecule has 0 spiro atoms. The summed E-state index contributed by atoms with van der Waals surface area (Å²) in [5.74, 6) is -0.249. The number of hydrogen-bond acceptors (Lipinski definition) is 2. The molecule has 0 saturated carbocycles. The van der Waals surface area contributed by atoms with E-state index in [9.17, 15) is 9.18 Å². The normalized spacial score (nSPS) is 16.3. The van der Waals surface area contributed by atoms with Crippen LogP contribution in [0.3, 0.4) is 0 Å². The summed E-state index contributed by atoms with van der Waals surface area (Å²) < 4.78 is 13.5. The number of pyridine rings is 1. The number of nitrogens with one attached hydrogen (secondary N) is 1. The monoisotopic (exact) mass is 327 g/mol. The van der Waals surface area contributed by atoms with Gasteiger partial charge >= 0.3 is 6.03 Å². The van der Waals surface area contributed by atoms with Crippen LogP contribution in [0.5, 0.6) is 0 Å². The third-order valence-corrected chi connectivity index (χ3v) is 4.55. The van der Waals surface area contributed by atoms with E-state index in [4.69, 9.17) is 0 Å². The first kappa shape index (κ1) is 16.4. The largest absolute Gasteiger partial charge is 0.331 e. The standard InChI is InChI=1S/C19H22FN3O/c1-23(12-9-14-7-10-21-11-8-14)19(24)22-18-4-2-3-15-5-6-16(20)13-17(15)18/h5-8,10-11,13,18H,2-4,9,12H2,1H3,(H,22,24)/t18-/m1/s1. The van der Waals surface area contributed by atoms with Gasteiger partial charge in [-0.2, -0.15) is 0 Å². The van der Waals surface area contributed by atoms with Crippen LogP contribution in [0.4, 0.5) is 9.18 Å². The van der Waals surface area contributed by atoms with Crippen LogP contribution in [0.1, 0.15) is 35.6 Å². The van der Waals surface area contributed by atoms with Crippen LogP contribution in [0.25, 0.3) is 0 Å². The number of fused-ring (bicyclic) bond motifs is 1. The molecule has 1 aliphatic carbocycles. The minimum Gasteiger partial charge on any atom is -0.331 e. The smallest absolute Gasteiger partial charge is 0.317 e. The Morgan fingerprint density at radius 2 is 2.12 bits per heavy atom. The second-order valence-electron chi connectivity index (χ2n) is 6.26. The first-order valence-electron chi connectivity index (χ1n) is 8.32. The second-order valence-corrected chi connectivity index (χ2v) is 6.26. The fraction of sp³-hybridized carbons (Fsp3) is 0.368. The van der Waals surface area contributed by atoms with E-state index in [0.29, 0.717) is 6.54 Å². The van der Waals surface area contributed by atoms with E-state index in [-0.39, 0.29) is 17.9 Å². The van der Waals surface area contributed by atoms with Gasteiger partial charge in [-0.3, -0.25) is 4.98 Å². The molecule has 0 aliphatic heterocycles. The minimum atomic E-state index is -0.249. The molecule has 0 radical (unpaired) electrons. The number of nitrogens with zero attached hydrogens (tertiary/aromatic N) is 2. The average Bonchev–Trinajstić information content (AvgIpc) is 2.61. The van der Waals surface area contributed by atoms with Gasteiger partial charge in [0.1, 0.15) is 5.82 Å². The first-order chi connectivity index (χ1) is 11.6. The number of aromatic nitrogens is 1. The van der Waals surface area contributed by atoms with Crippen molar-refractivity contribution in [1.82, 2.24) is 15.2 Å². The molecule has 2 amide bonds. The minimum absolute atomic E-state index is 0.111. The van der Waals surface area contributed by atoms with Crippen molar-refractivity contribution in [2.45, 2.75) is 31.7 Å². The number of urea groups is 1. The highest BCUT2D eigenvalue weighted by Crippen LogP contribution is 2.30. The number of carbonyl (C=O) groups is 1. The first-order valence-corrected chi connectivity index (χ1v) is 8.32. The van der Waals surface area contributed by atoms with Gasteiger partial charge in [-0.15, -0.1) is 0 Å². The third-order valence-electron chi connectivity index (χ3n) is 4.55. The fourth-order valence-electron chi connectivity index (χ4n) is 3.13. The summed E-state index contributed by atoms with van der Waals surface area (Å²) in [6.45, 7) is 0.624. The molecule has 1 N–H and O–H groups in total. The van der Waals surface area contributed by atoms with Crippen LogP contribution in [0.2, 0.25) is 0 Å². The van der Waals surface area contributed by atoms with E-state index in [1.165, 1.54) is 6.07 Å². The summed E-state index contributed by atoms with van der Waals surface area (Å²) >= 11 is 0. The maximum absolute atomic E-state index is 13.5. The Morgan fingerprint density at radius 3 is 2.92 bits per heavy atom. The van der Waals surface area contributed by atoms with E-state index in [2.05, 4.69) is 10.3 Å². The van der Waals surface area contributed by atoms with Crippen molar-refractivity contribution in [2.24, 2.45) is 0 Å². The molecule has 2 aromatic rings. The van der Waals surface area contributed by atoms with Gasteiger partial charge in [-0.05, 0) is 66.6 Å². The summed E-state index contributed by atoms with van der Waals surface area (Å²) in [5, 5.41) is 3.05. The van der Waals surface area contributed by atoms with Gasteiger partial charge in [0.05, 0.1) is 6.04 Å². The molecule has 1 aliphatic rings. The van der Waals surface area contributed by atoms with Crippen molar-refractivity contribution >= 4 is 6.03 Å². The molecule has 1 aromatic carbocycles. The number of aryl methyl sites for hydroxylation is 1. The SMILES string of the molecule is CN(CCc1ccncc1)C(=O)N[C@@H]1CCCc2ccc(F)cc21. The Morgan fingerprint density at radius 1 is 1.33 bits per heavy atom. The zero-order valence-electron chi connectivity index (χ0n) is 13.8. The molecule has 5 heteroatoms. The zero-order valence-corrected chi connectivity index (χ0v) is 13.8. The number of rotatable bonds is 4. The second kappa shape index (κ2) is 7.43. The van der Waals surface area contributed by atoms with Crippen LogP contribution < -0.4 is 5.32 Å². The molecule has 0 fully saturated rings. The molecule has 1 heterocycles. The summed E-state index contributed by atoms with van der Waals surface area (Å²) in [6.07, 6.45) is 7.08. The Kier molecular flexibility index (Phi) is 5.08. The molecule has 1 aromatic heterocycles. The van der Waals surface area contributed by atoms with Crippen LogP contribution in [-0.4, -0.2) is 29.5 Å². The number of carbonyl (C=O) groups excluding carboxylic acids is 1. The predicted molar refractivity (Wildman–Crippen MR) is 91.2 cm³/mol. The van der Waals surface area contributed by atoms with Crippen molar-refractivity contribution in [3.63, 3.8) is 0 Å². The maximum Gasteiger partial charge on any atom is 0.317 e. The van der Waals surface area contributed by atoms with Gasteiger partial charge in [0.25, 0.3) is 0 Å². The lowest BCUT2D eigenvalue weighted by Crippen LogP contribution is -2.41. The number of hydrogen-bond donors (Lipinski definition) is 1. The third kappa shape index (κ3) is 3.91. The quantitative estimate of drug-likeness (QED) is 0.934. The number of halogens is 1. The molecule has 3 rings (SSSR count). The molecule has 0 unspecified atom stereocenters. The zero-order chi connectivity index (χ0) is 16.9. The van der Waals surface area contributed by atoms with Gasteiger partial charge in [-0.25, -0.2) is 9.18 Å². The number of benzene rings is 1. The highest BCUT2D eigenvalue weighted by Gasteiger charge is 2.23. The van der Waals surface area contributed by atoms with Gasteiger partial charge in [0.15, 0.2) is 0 Å². The van der Waals surface area contributed by atoms with Crippen molar-refractivity contribution in [1.29, 1.82) is 0 Å². The Balaban J connectivity index is 1.60. The molecule has 0 saturated heterocycles. The molecule has 126 valence electrons. The Bertz CT molecular complexity index is 705. The van der Waals surface area contributed by atoms with E-state index >= 15 is 0 Å². The van der Waals surface area contributed by atoms with Crippen LogP contribution >= 0.6 is 0 Å². The van der Waals surface area contributed by atoms with Gasteiger partial charge in [0.2, 0.25) is 0 Å². The lowest BCUT2D eigenvalue weighted by molar-refractivity contribution is 0.203. The molecular weight excluding hydrogens is 305 g/mol. The average molecular weight is 327 g/mol. The highest BCUT2D eigenvalue weighted by atomic mass is 19.1. The Hall–Kier alpha value is -2.43. The fourth-order valence-corrected chi connectivity index (χ4v) is 3.13. The predicted octanol–water partition coefficient (Wildman–Crippen LogP) is 3.48. The van der Waals surface area contributed by atoms with Gasteiger partial charge in [0, 0.05) is 26.0 Å². The van der Waals surface area contributed by atoms with Crippen molar-refractivity contribution < 1.29 is 9.18 Å². The summed E-state index contributed by atoms with van der Waals surface area (Å²) in [7, 11) is 1.78. The highest BCUT2D eigenvalue weighted by molar-refractivity contribution is 5.74. The van der Waals surface area contributed by atoms with Gasteiger partial charge in [-0.1, -0.05) is 6.07 Å². The lowest BCUT2D eigenvalue weighted by Gasteiger charge is -2.28. The van der Waals surface area contributed by atoms with E-state index in [1.54, 1.807) is 30.4 Å². The van der Waals surface area contributed by atoms with E-state index < -0.39 is 0 Å². The summed E-state index contributed by atoms with van der Waals surface area (Å²) in [6, 6.07) is 8.54. The molecule has 4 nitrogen and oxygen atoms in total. The number of likely N-dealkylation sites (N-methyl/N-ethyl adjacent to an activating group) is 1. The number of amides is 2.